The van der Waals surface area contributed by atoms with Crippen molar-refractivity contribution in [1.82, 2.24) is 0 Å². The molecule has 1 N–H and O–H groups in total. The Labute approximate surface area is 116 Å². The molecule has 0 amide bonds. The molecule has 1 aromatic carbocycles. The fraction of sp³-hybridized carbons (Fsp3) is 0.500. The van der Waals surface area contributed by atoms with Gasteiger partial charge >= 0.3 is 12.1 Å². The van der Waals surface area contributed by atoms with Gasteiger partial charge < -0.3 is 10.0 Å². The Balaban J connectivity index is 3.41. The summed E-state index contributed by atoms with van der Waals surface area (Å²) in [6.07, 6.45) is -3.88. The van der Waals surface area contributed by atoms with Gasteiger partial charge in [-0.2, -0.15) is 13.2 Å². The monoisotopic (exact) mass is 289 g/mol. The standard InChI is InChI=1S/C14H18F3NO2/c1-4-9(3)18(5-2)12-7-6-10(13(19)20)8-11(12)14(15,16)17/h6-9H,4-5H2,1-3H3,(H,19,20). The second-order valence-corrected chi connectivity index (χ2v) is 4.58. The highest BCUT2D eigenvalue weighted by atomic mass is 19.4. The minimum absolute atomic E-state index is 0.0272. The molecule has 1 atom stereocenters. The van der Waals surface area contributed by atoms with Crippen LogP contribution >= 0.6 is 0 Å². The van der Waals surface area contributed by atoms with E-state index in [-0.39, 0.29) is 17.3 Å². The number of rotatable bonds is 5. The normalized spacial score (nSPS) is 13.1. The van der Waals surface area contributed by atoms with Crippen molar-refractivity contribution >= 4 is 11.7 Å². The van der Waals surface area contributed by atoms with Crippen LogP contribution in [-0.2, 0) is 6.18 Å². The maximum absolute atomic E-state index is 13.1. The molecule has 112 valence electrons. The van der Waals surface area contributed by atoms with E-state index in [1.54, 1.807) is 11.8 Å². The molecule has 1 unspecified atom stereocenters. The number of carboxylic acid groups (broad SMARTS) is 1. The summed E-state index contributed by atoms with van der Waals surface area (Å²) >= 11 is 0. The van der Waals surface area contributed by atoms with Crippen LogP contribution in [0, 0.1) is 0 Å². The fourth-order valence-electron chi connectivity index (χ4n) is 2.09. The van der Waals surface area contributed by atoms with E-state index in [1.807, 2.05) is 13.8 Å². The minimum Gasteiger partial charge on any atom is -0.478 e. The lowest BCUT2D eigenvalue weighted by Gasteiger charge is -2.32. The summed E-state index contributed by atoms with van der Waals surface area (Å²) in [6.45, 7) is 5.93. The van der Waals surface area contributed by atoms with Gasteiger partial charge in [0.2, 0.25) is 0 Å². The maximum atomic E-state index is 13.1. The van der Waals surface area contributed by atoms with Crippen molar-refractivity contribution in [2.24, 2.45) is 0 Å². The molecule has 6 heteroatoms. The number of hydrogen-bond donors (Lipinski definition) is 1. The molecule has 1 rings (SSSR count). The van der Waals surface area contributed by atoms with Crippen molar-refractivity contribution < 1.29 is 23.1 Å². The van der Waals surface area contributed by atoms with Crippen LogP contribution in [0.25, 0.3) is 0 Å². The molecule has 0 aliphatic heterocycles. The van der Waals surface area contributed by atoms with Gasteiger partial charge in [-0.1, -0.05) is 6.92 Å². The predicted octanol–water partition coefficient (Wildman–Crippen LogP) is 4.03. The van der Waals surface area contributed by atoms with E-state index in [0.29, 0.717) is 19.0 Å². The highest BCUT2D eigenvalue weighted by Gasteiger charge is 2.36. The Kier molecular flexibility index (Phi) is 5.03. The van der Waals surface area contributed by atoms with Gasteiger partial charge in [0.25, 0.3) is 0 Å². The van der Waals surface area contributed by atoms with Crippen molar-refractivity contribution in [3.05, 3.63) is 29.3 Å². The van der Waals surface area contributed by atoms with Crippen LogP contribution in [0.1, 0.15) is 43.1 Å². The molecule has 1 aromatic rings. The summed E-state index contributed by atoms with van der Waals surface area (Å²) in [5.41, 5.74) is -1.24. The number of hydrogen-bond acceptors (Lipinski definition) is 2. The Hall–Kier alpha value is -1.72. The quantitative estimate of drug-likeness (QED) is 0.889. The number of halogens is 3. The van der Waals surface area contributed by atoms with Crippen molar-refractivity contribution in [1.29, 1.82) is 0 Å². The molecule has 0 radical (unpaired) electrons. The smallest absolute Gasteiger partial charge is 0.418 e. The molecule has 0 heterocycles. The molecule has 20 heavy (non-hydrogen) atoms. The first-order valence-electron chi connectivity index (χ1n) is 6.43. The molecule has 0 saturated carbocycles. The van der Waals surface area contributed by atoms with Crippen molar-refractivity contribution in [3.63, 3.8) is 0 Å². The Morgan fingerprint density at radius 2 is 1.95 bits per heavy atom. The summed E-state index contributed by atoms with van der Waals surface area (Å²) in [5, 5.41) is 8.84. The zero-order chi connectivity index (χ0) is 15.5. The van der Waals surface area contributed by atoms with Crippen LogP contribution in [-0.4, -0.2) is 23.7 Å². The predicted molar refractivity (Wildman–Crippen MR) is 71.2 cm³/mol. The Morgan fingerprint density at radius 3 is 2.35 bits per heavy atom. The van der Waals surface area contributed by atoms with E-state index in [0.717, 1.165) is 0 Å². The zero-order valence-corrected chi connectivity index (χ0v) is 11.7. The fourth-order valence-corrected chi connectivity index (χ4v) is 2.09. The zero-order valence-electron chi connectivity index (χ0n) is 11.7. The average Bonchev–Trinajstić information content (AvgIpc) is 2.38. The van der Waals surface area contributed by atoms with E-state index in [1.165, 1.54) is 12.1 Å². The van der Waals surface area contributed by atoms with E-state index in [9.17, 15) is 18.0 Å². The Bertz CT molecular complexity index is 486. The lowest BCUT2D eigenvalue weighted by molar-refractivity contribution is -0.137. The van der Waals surface area contributed by atoms with Gasteiger partial charge in [0, 0.05) is 18.3 Å². The Morgan fingerprint density at radius 1 is 1.35 bits per heavy atom. The second-order valence-electron chi connectivity index (χ2n) is 4.58. The molecule has 0 bridgehead atoms. The van der Waals surface area contributed by atoms with Crippen molar-refractivity contribution in [2.45, 2.75) is 39.4 Å². The number of benzene rings is 1. The number of nitrogens with zero attached hydrogens (tertiary/aromatic N) is 1. The van der Waals surface area contributed by atoms with E-state index >= 15 is 0 Å². The van der Waals surface area contributed by atoms with Gasteiger partial charge in [0.1, 0.15) is 0 Å². The molecular formula is C14H18F3NO2. The van der Waals surface area contributed by atoms with Crippen molar-refractivity contribution in [3.8, 4) is 0 Å². The average molecular weight is 289 g/mol. The third-order valence-electron chi connectivity index (χ3n) is 3.32. The molecule has 0 saturated heterocycles. The molecule has 3 nitrogen and oxygen atoms in total. The SMILES string of the molecule is CCC(C)N(CC)c1ccc(C(=O)O)cc1C(F)(F)F. The largest absolute Gasteiger partial charge is 0.478 e. The van der Waals surface area contributed by atoms with Gasteiger partial charge in [0.05, 0.1) is 11.1 Å². The van der Waals surface area contributed by atoms with Crippen LogP contribution in [0.5, 0.6) is 0 Å². The van der Waals surface area contributed by atoms with Crippen LogP contribution in [0.3, 0.4) is 0 Å². The first-order chi connectivity index (χ1) is 9.22. The van der Waals surface area contributed by atoms with Crippen molar-refractivity contribution in [2.75, 3.05) is 11.4 Å². The van der Waals surface area contributed by atoms with E-state index in [2.05, 4.69) is 0 Å². The van der Waals surface area contributed by atoms with Gasteiger partial charge in [0.15, 0.2) is 0 Å². The molecule has 0 aliphatic rings. The minimum atomic E-state index is -4.58. The first kappa shape index (κ1) is 16.3. The number of carboxylic acids is 1. The molecule has 0 fully saturated rings. The van der Waals surface area contributed by atoms with Crippen LogP contribution in [0.15, 0.2) is 18.2 Å². The lowest BCUT2D eigenvalue weighted by Crippen LogP contribution is -2.34. The summed E-state index contributed by atoms with van der Waals surface area (Å²) in [4.78, 5) is 12.5. The highest BCUT2D eigenvalue weighted by molar-refractivity contribution is 5.88. The van der Waals surface area contributed by atoms with E-state index in [4.69, 9.17) is 5.11 Å². The maximum Gasteiger partial charge on any atom is 0.418 e. The number of aromatic carboxylic acids is 1. The summed E-state index contributed by atoms with van der Waals surface area (Å²) in [7, 11) is 0. The molecule has 0 aromatic heterocycles. The van der Waals surface area contributed by atoms with Gasteiger partial charge in [-0.25, -0.2) is 4.79 Å². The van der Waals surface area contributed by atoms with Crippen LogP contribution in [0.2, 0.25) is 0 Å². The molecular weight excluding hydrogens is 271 g/mol. The first-order valence-corrected chi connectivity index (χ1v) is 6.43. The highest BCUT2D eigenvalue weighted by Crippen LogP contribution is 2.38. The lowest BCUT2D eigenvalue weighted by atomic mass is 10.0. The molecule has 0 aliphatic carbocycles. The van der Waals surface area contributed by atoms with E-state index < -0.39 is 17.7 Å². The number of carbonyl (C=O) groups is 1. The molecule has 0 spiro atoms. The topological polar surface area (TPSA) is 40.5 Å². The van der Waals surface area contributed by atoms with Crippen LogP contribution < -0.4 is 4.90 Å². The number of alkyl halides is 3. The third-order valence-corrected chi connectivity index (χ3v) is 3.32. The second kappa shape index (κ2) is 6.15. The summed E-state index contributed by atoms with van der Waals surface area (Å²) in [6, 6.07) is 3.08. The van der Waals surface area contributed by atoms with Crippen LogP contribution in [0.4, 0.5) is 18.9 Å². The summed E-state index contributed by atoms with van der Waals surface area (Å²) < 4.78 is 39.4. The number of anilines is 1. The van der Waals surface area contributed by atoms with Gasteiger partial charge in [-0.05, 0) is 38.5 Å². The van der Waals surface area contributed by atoms with Gasteiger partial charge in [-0.3, -0.25) is 0 Å². The third kappa shape index (κ3) is 3.43. The van der Waals surface area contributed by atoms with Gasteiger partial charge in [-0.15, -0.1) is 0 Å². The summed E-state index contributed by atoms with van der Waals surface area (Å²) in [5.74, 6) is -1.37.